The Hall–Kier alpha value is -3.22. The van der Waals surface area contributed by atoms with Crippen LogP contribution >= 0.6 is 0 Å². The van der Waals surface area contributed by atoms with Gasteiger partial charge in [0.15, 0.2) is 11.5 Å². The van der Waals surface area contributed by atoms with Crippen LogP contribution in [0.15, 0.2) is 30.3 Å². The van der Waals surface area contributed by atoms with Crippen LogP contribution in [-0.4, -0.2) is 33.1 Å². The number of rotatable bonds is 7. The molecule has 0 radical (unpaired) electrons. The Labute approximate surface area is 170 Å². The summed E-state index contributed by atoms with van der Waals surface area (Å²) in [6.45, 7) is 3.92. The Morgan fingerprint density at radius 3 is 1.93 bits per heavy atom. The summed E-state index contributed by atoms with van der Waals surface area (Å²) in [4.78, 5) is 25.8. The molecule has 1 aliphatic rings. The summed E-state index contributed by atoms with van der Waals surface area (Å²) in [5, 5.41) is 5.72. The summed E-state index contributed by atoms with van der Waals surface area (Å²) >= 11 is 0. The molecule has 1 fully saturated rings. The number of carbonyl (C=O) groups is 2. The monoisotopic (exact) mass is 398 g/mol. The third kappa shape index (κ3) is 3.99. The van der Waals surface area contributed by atoms with E-state index in [1.54, 1.807) is 12.1 Å². The predicted molar refractivity (Wildman–Crippen MR) is 111 cm³/mol. The molecule has 0 heterocycles. The summed E-state index contributed by atoms with van der Waals surface area (Å²) < 4.78 is 15.9. The highest BCUT2D eigenvalue weighted by molar-refractivity contribution is 6.17. The molecule has 2 aromatic carbocycles. The number of carbonyl (C=O) groups excluding carboxylic acids is 2. The van der Waals surface area contributed by atoms with E-state index in [0.29, 0.717) is 41.5 Å². The maximum absolute atomic E-state index is 12.9. The summed E-state index contributed by atoms with van der Waals surface area (Å²) in [6.07, 6.45) is 1.00. The third-order valence-corrected chi connectivity index (χ3v) is 5.17. The van der Waals surface area contributed by atoms with Gasteiger partial charge in [-0.2, -0.15) is 0 Å². The quantitative estimate of drug-likeness (QED) is 0.695. The van der Waals surface area contributed by atoms with Crippen molar-refractivity contribution in [1.29, 1.82) is 0 Å². The third-order valence-electron chi connectivity index (χ3n) is 5.17. The summed E-state index contributed by atoms with van der Waals surface area (Å²) in [6, 6.07) is 9.05. The first kappa shape index (κ1) is 20.5. The first-order chi connectivity index (χ1) is 13.8. The molecule has 0 bridgehead atoms. The van der Waals surface area contributed by atoms with E-state index in [2.05, 4.69) is 10.6 Å². The van der Waals surface area contributed by atoms with Crippen molar-refractivity contribution < 1.29 is 23.8 Å². The molecule has 7 nitrogen and oxygen atoms in total. The molecule has 0 aromatic heterocycles. The molecule has 154 valence electrons. The van der Waals surface area contributed by atoms with Crippen LogP contribution in [0.1, 0.15) is 24.0 Å². The second kappa shape index (κ2) is 8.03. The lowest BCUT2D eigenvalue weighted by Gasteiger charge is -2.18. The average molecular weight is 398 g/mol. The minimum atomic E-state index is -1.07. The topological polar surface area (TPSA) is 85.9 Å². The van der Waals surface area contributed by atoms with Gasteiger partial charge in [0, 0.05) is 23.5 Å². The van der Waals surface area contributed by atoms with Gasteiger partial charge in [0.1, 0.15) is 5.41 Å². The van der Waals surface area contributed by atoms with E-state index in [1.165, 1.54) is 21.3 Å². The Morgan fingerprint density at radius 1 is 0.862 bits per heavy atom. The van der Waals surface area contributed by atoms with Crippen molar-refractivity contribution in [2.45, 2.75) is 26.7 Å². The molecule has 1 saturated carbocycles. The predicted octanol–water partition coefficient (Wildman–Crippen LogP) is 3.69. The number of ether oxygens (including phenoxy) is 3. The van der Waals surface area contributed by atoms with E-state index in [1.807, 2.05) is 32.0 Å². The smallest absolute Gasteiger partial charge is 0.240 e. The Balaban J connectivity index is 1.79. The van der Waals surface area contributed by atoms with E-state index < -0.39 is 5.41 Å². The van der Waals surface area contributed by atoms with Crippen LogP contribution in [0.25, 0.3) is 0 Å². The van der Waals surface area contributed by atoms with Crippen LogP contribution in [0.4, 0.5) is 11.4 Å². The van der Waals surface area contributed by atoms with Gasteiger partial charge in [0.05, 0.1) is 21.3 Å². The Morgan fingerprint density at radius 2 is 1.45 bits per heavy atom. The maximum Gasteiger partial charge on any atom is 0.240 e. The van der Waals surface area contributed by atoms with Gasteiger partial charge in [-0.15, -0.1) is 0 Å². The fraction of sp³-hybridized carbons (Fsp3) is 0.364. The molecule has 29 heavy (non-hydrogen) atoms. The molecule has 2 amide bonds. The van der Waals surface area contributed by atoms with E-state index in [-0.39, 0.29) is 11.8 Å². The molecule has 1 aliphatic carbocycles. The highest BCUT2D eigenvalue weighted by atomic mass is 16.5. The lowest BCUT2D eigenvalue weighted by molar-refractivity contribution is -0.131. The largest absolute Gasteiger partial charge is 0.493 e. The summed E-state index contributed by atoms with van der Waals surface area (Å²) in [7, 11) is 4.51. The van der Waals surface area contributed by atoms with Crippen LogP contribution in [0.3, 0.4) is 0 Å². The zero-order chi connectivity index (χ0) is 21.2. The molecule has 2 N–H and O–H groups in total. The van der Waals surface area contributed by atoms with E-state index >= 15 is 0 Å². The molecule has 0 spiro atoms. The highest BCUT2D eigenvalue weighted by Crippen LogP contribution is 2.48. The summed E-state index contributed by atoms with van der Waals surface area (Å²) in [5.41, 5.74) is 2.18. The molecular formula is C22H26N2O5. The standard InChI is InChI=1S/C22H26N2O5/c1-13-6-7-16(14(2)10-13)24-21(26)22(8-9-22)20(25)23-15-11-17(27-3)19(29-5)18(12-15)28-4/h6-7,10-12H,8-9H2,1-5H3,(H,23,25)(H,24,26). The van der Waals surface area contributed by atoms with Crippen molar-refractivity contribution in [3.05, 3.63) is 41.5 Å². The van der Waals surface area contributed by atoms with Crippen LogP contribution in [0, 0.1) is 19.3 Å². The fourth-order valence-corrected chi connectivity index (χ4v) is 3.28. The van der Waals surface area contributed by atoms with Crippen molar-refractivity contribution in [3.8, 4) is 17.2 Å². The highest BCUT2D eigenvalue weighted by Gasteiger charge is 2.56. The van der Waals surface area contributed by atoms with Gasteiger partial charge in [-0.25, -0.2) is 0 Å². The van der Waals surface area contributed by atoms with Crippen molar-refractivity contribution in [3.63, 3.8) is 0 Å². The van der Waals surface area contributed by atoms with E-state index in [4.69, 9.17) is 14.2 Å². The van der Waals surface area contributed by atoms with Gasteiger partial charge in [0.2, 0.25) is 17.6 Å². The molecule has 7 heteroatoms. The number of hydrogen-bond acceptors (Lipinski definition) is 5. The maximum atomic E-state index is 12.9. The molecule has 3 rings (SSSR count). The van der Waals surface area contributed by atoms with Crippen molar-refractivity contribution in [2.75, 3.05) is 32.0 Å². The minimum Gasteiger partial charge on any atom is -0.493 e. The lowest BCUT2D eigenvalue weighted by Crippen LogP contribution is -2.35. The van der Waals surface area contributed by atoms with E-state index in [0.717, 1.165) is 11.1 Å². The molecule has 2 aromatic rings. The Kier molecular flexibility index (Phi) is 5.68. The lowest BCUT2D eigenvalue weighted by atomic mass is 10.0. The number of amides is 2. The van der Waals surface area contributed by atoms with E-state index in [9.17, 15) is 9.59 Å². The second-order valence-corrected chi connectivity index (χ2v) is 7.22. The molecule has 0 saturated heterocycles. The zero-order valence-corrected chi connectivity index (χ0v) is 17.3. The van der Waals surface area contributed by atoms with Gasteiger partial charge >= 0.3 is 0 Å². The van der Waals surface area contributed by atoms with Gasteiger partial charge < -0.3 is 24.8 Å². The van der Waals surface area contributed by atoms with Crippen LogP contribution < -0.4 is 24.8 Å². The van der Waals surface area contributed by atoms with Crippen molar-refractivity contribution >= 4 is 23.2 Å². The number of methoxy groups -OCH3 is 3. The van der Waals surface area contributed by atoms with Crippen LogP contribution in [-0.2, 0) is 9.59 Å². The first-order valence-electron chi connectivity index (χ1n) is 9.35. The first-order valence-corrected chi connectivity index (χ1v) is 9.35. The van der Waals surface area contributed by atoms with Gasteiger partial charge in [-0.05, 0) is 38.3 Å². The second-order valence-electron chi connectivity index (χ2n) is 7.22. The van der Waals surface area contributed by atoms with Gasteiger partial charge in [-0.3, -0.25) is 9.59 Å². The average Bonchev–Trinajstić information content (AvgIpc) is 3.51. The molecular weight excluding hydrogens is 372 g/mol. The fourth-order valence-electron chi connectivity index (χ4n) is 3.28. The van der Waals surface area contributed by atoms with Crippen molar-refractivity contribution in [2.24, 2.45) is 5.41 Å². The molecule has 0 unspecified atom stereocenters. The summed E-state index contributed by atoms with van der Waals surface area (Å²) in [5.74, 6) is 0.628. The number of anilines is 2. The number of aryl methyl sites for hydroxylation is 2. The molecule has 0 aliphatic heterocycles. The Bertz CT molecular complexity index is 925. The number of benzene rings is 2. The van der Waals surface area contributed by atoms with Crippen LogP contribution in [0.2, 0.25) is 0 Å². The van der Waals surface area contributed by atoms with Crippen molar-refractivity contribution in [1.82, 2.24) is 0 Å². The number of hydrogen-bond donors (Lipinski definition) is 2. The minimum absolute atomic E-state index is 0.297. The SMILES string of the molecule is COc1cc(NC(=O)C2(C(=O)Nc3ccc(C)cc3C)CC2)cc(OC)c1OC. The van der Waals surface area contributed by atoms with Gasteiger partial charge in [-0.1, -0.05) is 17.7 Å². The van der Waals surface area contributed by atoms with Crippen LogP contribution in [0.5, 0.6) is 17.2 Å². The number of nitrogens with one attached hydrogen (secondary N) is 2. The normalized spacial score (nSPS) is 14.0. The molecule has 0 atom stereocenters. The van der Waals surface area contributed by atoms with Gasteiger partial charge in [0.25, 0.3) is 0 Å². The zero-order valence-electron chi connectivity index (χ0n) is 17.3.